The molecule has 25 heavy (non-hydrogen) atoms. The third kappa shape index (κ3) is 3.59. The van der Waals surface area contributed by atoms with Crippen molar-refractivity contribution >= 4 is 17.8 Å². The monoisotopic (exact) mass is 350 g/mol. The van der Waals surface area contributed by atoms with Gasteiger partial charge in [0.1, 0.15) is 17.5 Å². The Labute approximate surface area is 141 Å². The van der Waals surface area contributed by atoms with Crippen LogP contribution in [-0.4, -0.2) is 44.9 Å². The summed E-state index contributed by atoms with van der Waals surface area (Å²) >= 11 is 0. The van der Waals surface area contributed by atoms with Crippen LogP contribution in [-0.2, 0) is 11.8 Å². The molecule has 1 aromatic heterocycles. The average molecular weight is 350 g/mol. The Balaban J connectivity index is 1.75. The van der Waals surface area contributed by atoms with Crippen molar-refractivity contribution < 1.29 is 23.5 Å². The molecule has 2 aromatic rings. The zero-order chi connectivity index (χ0) is 18.1. The summed E-state index contributed by atoms with van der Waals surface area (Å²) in [4.78, 5) is 24.6. The molecule has 1 saturated heterocycles. The number of aromatic nitrogens is 2. The summed E-state index contributed by atoms with van der Waals surface area (Å²) < 4.78 is 28.1. The molecule has 2 heterocycles. The summed E-state index contributed by atoms with van der Waals surface area (Å²) in [6, 6.07) is 4.12. The van der Waals surface area contributed by atoms with Crippen LogP contribution in [0.2, 0.25) is 0 Å². The minimum Gasteiger partial charge on any atom is -0.481 e. The number of hydrogen-bond acceptors (Lipinski definition) is 3. The smallest absolute Gasteiger partial charge is 0.323 e. The Hall–Kier alpha value is -2.97. The Morgan fingerprint density at radius 2 is 1.92 bits per heavy atom. The molecule has 1 atom stereocenters. The first-order chi connectivity index (χ1) is 11.8. The van der Waals surface area contributed by atoms with E-state index in [1.165, 1.54) is 15.6 Å². The first-order valence-electron chi connectivity index (χ1n) is 7.62. The van der Waals surface area contributed by atoms with Crippen LogP contribution in [0.15, 0.2) is 24.3 Å². The van der Waals surface area contributed by atoms with Gasteiger partial charge in [-0.15, -0.1) is 0 Å². The first-order valence-corrected chi connectivity index (χ1v) is 7.62. The fourth-order valence-corrected chi connectivity index (χ4v) is 2.76. The van der Waals surface area contributed by atoms with Crippen molar-refractivity contribution in [2.45, 2.75) is 6.42 Å². The van der Waals surface area contributed by atoms with Crippen LogP contribution in [0, 0.1) is 17.6 Å². The number of urea groups is 1. The van der Waals surface area contributed by atoms with E-state index < -0.39 is 29.6 Å². The highest BCUT2D eigenvalue weighted by molar-refractivity contribution is 5.90. The maximum Gasteiger partial charge on any atom is 0.323 e. The number of carbonyl (C=O) groups excluding carboxylic acids is 1. The SMILES string of the molecule is Cn1nc(-c2cc(F)cc(F)c2)cc1NC(=O)N1CCC(C(=O)O)C1. The molecule has 0 spiro atoms. The standard InChI is InChI=1S/C16H16F2N4O3/c1-21-14(19-16(25)22-3-2-9(8-22)15(23)24)7-13(20-21)10-4-11(17)6-12(18)5-10/h4-7,9H,2-3,8H2,1H3,(H,19,25)(H,23,24). The second kappa shape index (κ2) is 6.50. The molecule has 2 amide bonds. The number of rotatable bonds is 3. The molecule has 132 valence electrons. The van der Waals surface area contributed by atoms with Gasteiger partial charge in [0.25, 0.3) is 0 Å². The molecule has 3 rings (SSSR count). The highest BCUT2D eigenvalue weighted by Crippen LogP contribution is 2.24. The number of anilines is 1. The number of nitrogens with zero attached hydrogens (tertiary/aromatic N) is 3. The van der Waals surface area contributed by atoms with Crippen molar-refractivity contribution in [2.24, 2.45) is 13.0 Å². The Morgan fingerprint density at radius 1 is 1.24 bits per heavy atom. The maximum atomic E-state index is 13.3. The molecule has 1 fully saturated rings. The van der Waals surface area contributed by atoms with Gasteiger partial charge in [0.2, 0.25) is 0 Å². The Bertz CT molecular complexity index is 817. The summed E-state index contributed by atoms with van der Waals surface area (Å²) in [7, 11) is 1.58. The van der Waals surface area contributed by atoms with Gasteiger partial charge >= 0.3 is 12.0 Å². The molecule has 1 aromatic carbocycles. The van der Waals surface area contributed by atoms with Gasteiger partial charge in [0.05, 0.1) is 11.6 Å². The highest BCUT2D eigenvalue weighted by atomic mass is 19.1. The number of halogens is 2. The van der Waals surface area contributed by atoms with Crippen LogP contribution in [0.3, 0.4) is 0 Å². The number of carboxylic acids is 1. The summed E-state index contributed by atoms with van der Waals surface area (Å²) in [5.74, 6) is -2.59. The lowest BCUT2D eigenvalue weighted by Gasteiger charge is -2.16. The van der Waals surface area contributed by atoms with E-state index in [-0.39, 0.29) is 12.1 Å². The van der Waals surface area contributed by atoms with Crippen LogP contribution in [0.5, 0.6) is 0 Å². The molecule has 0 aliphatic carbocycles. The number of hydrogen-bond donors (Lipinski definition) is 2. The summed E-state index contributed by atoms with van der Waals surface area (Å²) in [6.45, 7) is 0.490. The second-order valence-corrected chi connectivity index (χ2v) is 5.90. The number of nitrogens with one attached hydrogen (secondary N) is 1. The van der Waals surface area contributed by atoms with E-state index in [2.05, 4.69) is 10.4 Å². The average Bonchev–Trinajstić information content (AvgIpc) is 3.14. The van der Waals surface area contributed by atoms with E-state index in [1.807, 2.05) is 0 Å². The number of carboxylic acid groups (broad SMARTS) is 1. The maximum absolute atomic E-state index is 13.3. The van der Waals surface area contributed by atoms with E-state index >= 15 is 0 Å². The highest BCUT2D eigenvalue weighted by Gasteiger charge is 2.31. The van der Waals surface area contributed by atoms with Crippen LogP contribution >= 0.6 is 0 Å². The minimum absolute atomic E-state index is 0.140. The van der Waals surface area contributed by atoms with Gasteiger partial charge in [-0.2, -0.15) is 5.10 Å². The summed E-state index contributed by atoms with van der Waals surface area (Å²) in [5.41, 5.74) is 0.557. The van der Waals surface area contributed by atoms with Crippen LogP contribution in [0.1, 0.15) is 6.42 Å². The molecule has 7 nitrogen and oxygen atoms in total. The predicted octanol–water partition coefficient (Wildman–Crippen LogP) is 2.30. The molecule has 0 bridgehead atoms. The molecule has 0 radical (unpaired) electrons. The quantitative estimate of drug-likeness (QED) is 0.889. The third-order valence-electron chi connectivity index (χ3n) is 4.10. The second-order valence-electron chi connectivity index (χ2n) is 5.90. The van der Waals surface area contributed by atoms with Gasteiger partial charge in [-0.25, -0.2) is 13.6 Å². The molecule has 1 aliphatic rings. The van der Waals surface area contributed by atoms with Crippen LogP contribution in [0.25, 0.3) is 11.3 Å². The van der Waals surface area contributed by atoms with Crippen molar-refractivity contribution in [3.63, 3.8) is 0 Å². The van der Waals surface area contributed by atoms with E-state index in [9.17, 15) is 18.4 Å². The topological polar surface area (TPSA) is 87.5 Å². The molecule has 1 aliphatic heterocycles. The number of aryl methyl sites for hydroxylation is 1. The lowest BCUT2D eigenvalue weighted by atomic mass is 10.1. The van der Waals surface area contributed by atoms with E-state index in [1.54, 1.807) is 7.05 Å². The lowest BCUT2D eigenvalue weighted by molar-refractivity contribution is -0.141. The molecular formula is C16H16F2N4O3. The predicted molar refractivity (Wildman–Crippen MR) is 84.9 cm³/mol. The summed E-state index contributed by atoms with van der Waals surface area (Å²) in [6.07, 6.45) is 0.405. The van der Waals surface area contributed by atoms with Crippen molar-refractivity contribution in [3.8, 4) is 11.3 Å². The summed E-state index contributed by atoms with van der Waals surface area (Å²) in [5, 5.41) is 15.8. The normalized spacial score (nSPS) is 16.9. The zero-order valence-corrected chi connectivity index (χ0v) is 13.4. The van der Waals surface area contributed by atoms with Crippen molar-refractivity contribution in [1.82, 2.24) is 14.7 Å². The lowest BCUT2D eigenvalue weighted by Crippen LogP contribution is -2.34. The van der Waals surface area contributed by atoms with Crippen LogP contribution in [0.4, 0.5) is 19.4 Å². The fraction of sp³-hybridized carbons (Fsp3) is 0.312. The largest absolute Gasteiger partial charge is 0.481 e. The van der Waals surface area contributed by atoms with Gasteiger partial charge in [-0.1, -0.05) is 0 Å². The number of likely N-dealkylation sites (tertiary alicyclic amines) is 1. The van der Waals surface area contributed by atoms with Crippen LogP contribution < -0.4 is 5.32 Å². The van der Waals surface area contributed by atoms with Crippen molar-refractivity contribution in [1.29, 1.82) is 0 Å². The third-order valence-corrected chi connectivity index (χ3v) is 4.10. The Kier molecular flexibility index (Phi) is 4.39. The van der Waals surface area contributed by atoms with Gasteiger partial charge in [-0.05, 0) is 18.6 Å². The van der Waals surface area contributed by atoms with E-state index in [0.29, 0.717) is 24.5 Å². The molecule has 0 saturated carbocycles. The molecule has 2 N–H and O–H groups in total. The first kappa shape index (κ1) is 16.9. The molecular weight excluding hydrogens is 334 g/mol. The van der Waals surface area contributed by atoms with Gasteiger partial charge in [0, 0.05) is 37.8 Å². The van der Waals surface area contributed by atoms with Gasteiger partial charge in [-0.3, -0.25) is 14.8 Å². The molecule has 1 unspecified atom stereocenters. The fourth-order valence-electron chi connectivity index (χ4n) is 2.76. The number of carbonyl (C=O) groups is 2. The van der Waals surface area contributed by atoms with E-state index in [0.717, 1.165) is 18.2 Å². The van der Waals surface area contributed by atoms with Gasteiger partial charge in [0.15, 0.2) is 0 Å². The van der Waals surface area contributed by atoms with Crippen molar-refractivity contribution in [2.75, 3.05) is 18.4 Å². The van der Waals surface area contributed by atoms with E-state index in [4.69, 9.17) is 5.11 Å². The van der Waals surface area contributed by atoms with Gasteiger partial charge < -0.3 is 10.0 Å². The van der Waals surface area contributed by atoms with Crippen molar-refractivity contribution in [3.05, 3.63) is 35.9 Å². The number of aliphatic carboxylic acids is 1. The number of benzene rings is 1. The molecule has 9 heteroatoms. The Morgan fingerprint density at radius 3 is 2.52 bits per heavy atom. The zero-order valence-electron chi connectivity index (χ0n) is 13.4. The minimum atomic E-state index is -0.925. The number of amides is 2.